The van der Waals surface area contributed by atoms with Crippen LogP contribution < -0.4 is 21.1 Å². The van der Waals surface area contributed by atoms with Gasteiger partial charge in [-0.15, -0.1) is 0 Å². The molecule has 1 amide bonds. The van der Waals surface area contributed by atoms with Crippen LogP contribution in [-0.2, 0) is 17.8 Å². The van der Waals surface area contributed by atoms with Crippen molar-refractivity contribution in [2.45, 2.75) is 33.4 Å². The van der Waals surface area contributed by atoms with Crippen molar-refractivity contribution < 1.29 is 14.3 Å². The van der Waals surface area contributed by atoms with E-state index in [1.54, 1.807) is 12.1 Å². The normalized spacial score (nSPS) is 16.2. The molecule has 31 heavy (non-hydrogen) atoms. The fourth-order valence-corrected chi connectivity index (χ4v) is 3.33. The zero-order valence-corrected chi connectivity index (χ0v) is 18.3. The Kier molecular flexibility index (Phi) is 8.29. The van der Waals surface area contributed by atoms with Crippen LogP contribution in [0.5, 0.6) is 5.75 Å². The highest BCUT2D eigenvalue weighted by atomic mass is 16.5. The summed E-state index contributed by atoms with van der Waals surface area (Å²) in [6, 6.07) is 13.4. The van der Waals surface area contributed by atoms with Gasteiger partial charge in [-0.3, -0.25) is 4.79 Å². The van der Waals surface area contributed by atoms with Gasteiger partial charge in [0.15, 0.2) is 5.96 Å². The van der Waals surface area contributed by atoms with Gasteiger partial charge in [0.1, 0.15) is 5.75 Å². The molecule has 2 aromatic carbocycles. The minimum atomic E-state index is -0.429. The van der Waals surface area contributed by atoms with E-state index in [1.807, 2.05) is 19.1 Å². The number of nitrogens with zero attached hydrogens (tertiary/aromatic N) is 1. The molecule has 1 aliphatic heterocycles. The summed E-state index contributed by atoms with van der Waals surface area (Å²) in [6.45, 7) is 8.22. The first-order valence-electron chi connectivity index (χ1n) is 10.8. The highest BCUT2D eigenvalue weighted by molar-refractivity contribution is 5.92. The largest absolute Gasteiger partial charge is 0.493 e. The summed E-state index contributed by atoms with van der Waals surface area (Å²) in [6.07, 6.45) is 1.05. The van der Waals surface area contributed by atoms with E-state index in [9.17, 15) is 4.79 Å². The Bertz CT molecular complexity index is 890. The van der Waals surface area contributed by atoms with Crippen LogP contribution in [0, 0.1) is 12.8 Å². The van der Waals surface area contributed by atoms with Crippen molar-refractivity contribution in [3.05, 3.63) is 64.7 Å². The Morgan fingerprint density at radius 1 is 1.23 bits per heavy atom. The lowest BCUT2D eigenvalue weighted by Gasteiger charge is -2.17. The predicted molar refractivity (Wildman–Crippen MR) is 122 cm³/mol. The minimum absolute atomic E-state index is 0.429. The van der Waals surface area contributed by atoms with E-state index in [4.69, 9.17) is 15.2 Å². The number of rotatable bonds is 9. The molecule has 1 fully saturated rings. The number of carbonyl (C=O) groups is 1. The monoisotopic (exact) mass is 424 g/mol. The highest BCUT2D eigenvalue weighted by Gasteiger charge is 2.17. The van der Waals surface area contributed by atoms with Crippen LogP contribution in [0.25, 0.3) is 0 Å². The lowest BCUT2D eigenvalue weighted by molar-refractivity contribution is 0.100. The standard InChI is InChI=1S/C24H32N4O3/c1-3-26-24(27-13-18-5-8-20(9-6-18)23(25)29)28-14-21-7-4-17(2)12-22(21)31-16-19-10-11-30-15-19/h4-9,12,19H,3,10-11,13-16H2,1-2H3,(H2,25,29)(H2,26,27,28). The maximum Gasteiger partial charge on any atom is 0.248 e. The number of hydrogen-bond acceptors (Lipinski definition) is 4. The number of aryl methyl sites for hydroxylation is 1. The molecule has 0 aromatic heterocycles. The first kappa shape index (κ1) is 22.6. The van der Waals surface area contributed by atoms with Crippen molar-refractivity contribution in [1.29, 1.82) is 0 Å². The summed E-state index contributed by atoms with van der Waals surface area (Å²) < 4.78 is 11.6. The lowest BCUT2D eigenvalue weighted by atomic mass is 10.1. The van der Waals surface area contributed by atoms with Crippen molar-refractivity contribution in [1.82, 2.24) is 10.6 Å². The lowest BCUT2D eigenvalue weighted by Crippen LogP contribution is -2.36. The molecule has 7 heteroatoms. The first-order chi connectivity index (χ1) is 15.0. The van der Waals surface area contributed by atoms with E-state index < -0.39 is 5.91 Å². The molecule has 1 atom stereocenters. The molecule has 3 rings (SSSR count). The van der Waals surface area contributed by atoms with Crippen LogP contribution in [0.2, 0.25) is 0 Å². The highest BCUT2D eigenvalue weighted by Crippen LogP contribution is 2.22. The van der Waals surface area contributed by atoms with Crippen molar-refractivity contribution in [3.8, 4) is 5.75 Å². The molecule has 1 aliphatic rings. The van der Waals surface area contributed by atoms with E-state index in [0.717, 1.165) is 49.0 Å². The van der Waals surface area contributed by atoms with Crippen molar-refractivity contribution in [3.63, 3.8) is 0 Å². The number of aliphatic imine (C=N–C) groups is 1. The molecular weight excluding hydrogens is 392 g/mol. The molecule has 1 heterocycles. The molecular formula is C24H32N4O3. The molecule has 0 radical (unpaired) electrons. The minimum Gasteiger partial charge on any atom is -0.493 e. The molecule has 0 aliphatic carbocycles. The van der Waals surface area contributed by atoms with Crippen molar-refractivity contribution in [2.75, 3.05) is 26.4 Å². The zero-order chi connectivity index (χ0) is 22.1. The van der Waals surface area contributed by atoms with Gasteiger partial charge in [-0.25, -0.2) is 4.99 Å². The molecule has 166 valence electrons. The number of hydrogen-bond donors (Lipinski definition) is 3. The second-order valence-electron chi connectivity index (χ2n) is 7.76. The van der Waals surface area contributed by atoms with Gasteiger partial charge >= 0.3 is 0 Å². The number of amides is 1. The van der Waals surface area contributed by atoms with E-state index >= 15 is 0 Å². The summed E-state index contributed by atoms with van der Waals surface area (Å²) in [5.41, 5.74) is 9.04. The SMILES string of the molecule is CCNC(=NCc1ccc(C(N)=O)cc1)NCc1ccc(C)cc1OCC1CCOC1. The molecule has 7 nitrogen and oxygen atoms in total. The van der Waals surface area contributed by atoms with Gasteiger partial charge in [-0.1, -0.05) is 24.3 Å². The average Bonchev–Trinajstić information content (AvgIpc) is 3.29. The summed E-state index contributed by atoms with van der Waals surface area (Å²) in [5, 5.41) is 6.65. The number of carbonyl (C=O) groups excluding carboxylic acids is 1. The summed E-state index contributed by atoms with van der Waals surface area (Å²) >= 11 is 0. The van der Waals surface area contributed by atoms with Crippen molar-refractivity contribution >= 4 is 11.9 Å². The quantitative estimate of drug-likeness (QED) is 0.425. The Morgan fingerprint density at radius 3 is 2.71 bits per heavy atom. The number of benzene rings is 2. The molecule has 1 unspecified atom stereocenters. The molecule has 0 spiro atoms. The van der Waals surface area contributed by atoms with Crippen molar-refractivity contribution in [2.24, 2.45) is 16.6 Å². The summed E-state index contributed by atoms with van der Waals surface area (Å²) in [4.78, 5) is 15.9. The number of primary amides is 1. The van der Waals surface area contributed by atoms with Crippen LogP contribution in [-0.4, -0.2) is 38.2 Å². The fourth-order valence-electron chi connectivity index (χ4n) is 3.33. The van der Waals surface area contributed by atoms with Crippen LogP contribution >= 0.6 is 0 Å². The second kappa shape index (κ2) is 11.4. The smallest absolute Gasteiger partial charge is 0.248 e. The Morgan fingerprint density at radius 2 is 2.03 bits per heavy atom. The van der Waals surface area contributed by atoms with Gasteiger partial charge in [0.05, 0.1) is 19.8 Å². The van der Waals surface area contributed by atoms with Gasteiger partial charge in [0.2, 0.25) is 5.91 Å². The molecule has 1 saturated heterocycles. The predicted octanol–water partition coefficient (Wildman–Crippen LogP) is 2.76. The first-order valence-corrected chi connectivity index (χ1v) is 10.8. The van der Waals surface area contributed by atoms with Crippen LogP contribution in [0.15, 0.2) is 47.5 Å². The third kappa shape index (κ3) is 7.00. The maximum atomic E-state index is 11.2. The third-order valence-electron chi connectivity index (χ3n) is 5.17. The van der Waals surface area contributed by atoms with Crippen LogP contribution in [0.1, 0.15) is 40.4 Å². The van der Waals surface area contributed by atoms with Gasteiger partial charge in [-0.2, -0.15) is 0 Å². The Labute approximate surface area is 184 Å². The molecule has 0 bridgehead atoms. The van der Waals surface area contributed by atoms with E-state index in [1.165, 1.54) is 5.56 Å². The molecule has 0 saturated carbocycles. The van der Waals surface area contributed by atoms with Gasteiger partial charge < -0.3 is 25.8 Å². The van der Waals surface area contributed by atoms with E-state index in [-0.39, 0.29) is 0 Å². The van der Waals surface area contributed by atoms with E-state index in [0.29, 0.717) is 31.2 Å². The number of nitrogens with two attached hydrogens (primary N) is 1. The molecule has 2 aromatic rings. The van der Waals surface area contributed by atoms with Crippen LogP contribution in [0.3, 0.4) is 0 Å². The number of nitrogens with one attached hydrogen (secondary N) is 2. The fraction of sp³-hybridized carbons (Fsp3) is 0.417. The summed E-state index contributed by atoms with van der Waals surface area (Å²) in [7, 11) is 0. The van der Waals surface area contributed by atoms with Gasteiger partial charge in [0.25, 0.3) is 0 Å². The van der Waals surface area contributed by atoms with Gasteiger partial charge in [0, 0.05) is 36.7 Å². The number of ether oxygens (including phenoxy) is 2. The Balaban J connectivity index is 1.62. The molecule has 4 N–H and O–H groups in total. The zero-order valence-electron chi connectivity index (χ0n) is 18.3. The second-order valence-corrected chi connectivity index (χ2v) is 7.76. The number of guanidine groups is 1. The van der Waals surface area contributed by atoms with E-state index in [2.05, 4.69) is 40.7 Å². The Hall–Kier alpha value is -3.06. The van der Waals surface area contributed by atoms with Gasteiger partial charge in [-0.05, 0) is 49.6 Å². The van der Waals surface area contributed by atoms with Crippen LogP contribution in [0.4, 0.5) is 0 Å². The average molecular weight is 425 g/mol. The summed E-state index contributed by atoms with van der Waals surface area (Å²) in [5.74, 6) is 1.65. The topological polar surface area (TPSA) is 98.0 Å². The maximum absolute atomic E-state index is 11.2. The third-order valence-corrected chi connectivity index (χ3v) is 5.17.